The van der Waals surface area contributed by atoms with Crippen molar-refractivity contribution in [1.29, 1.82) is 0 Å². The van der Waals surface area contributed by atoms with Crippen molar-refractivity contribution < 1.29 is 28.9 Å². The van der Waals surface area contributed by atoms with E-state index in [0.29, 0.717) is 12.0 Å². The van der Waals surface area contributed by atoms with Crippen LogP contribution in [0.5, 0.6) is 0 Å². The summed E-state index contributed by atoms with van der Waals surface area (Å²) < 4.78 is 20.2. The fraction of sp³-hybridized carbons (Fsp3) is 0.760. The molecule has 4 aliphatic rings. The maximum atomic E-state index is 15.5. The van der Waals surface area contributed by atoms with Crippen LogP contribution in [0.3, 0.4) is 0 Å². The van der Waals surface area contributed by atoms with Crippen LogP contribution in [0.25, 0.3) is 0 Å². The molecular weight excluding hydrogens is 479 g/mol. The summed E-state index contributed by atoms with van der Waals surface area (Å²) in [6.45, 7) is 9.07. The molecule has 0 heterocycles. The maximum Gasteiger partial charge on any atom is 0.190 e. The maximum absolute atomic E-state index is 15.5. The number of aliphatic hydroxyl groups excluding tert-OH is 1. The molecule has 2 N–H and O–H groups in total. The van der Waals surface area contributed by atoms with Crippen molar-refractivity contribution in [2.45, 2.75) is 82.2 Å². The minimum atomic E-state index is -1.66. The second kappa shape index (κ2) is 7.56. The number of rotatable bonds is 4. The molecule has 0 aromatic carbocycles. The van der Waals surface area contributed by atoms with E-state index < -0.39 is 33.0 Å². The second-order valence-corrected chi connectivity index (χ2v) is 12.4. The number of alkyl halides is 2. The lowest BCUT2D eigenvalue weighted by atomic mass is 9.45. The lowest BCUT2D eigenvalue weighted by Crippen LogP contribution is -2.70. The van der Waals surface area contributed by atoms with Gasteiger partial charge in [0.15, 0.2) is 11.6 Å². The van der Waals surface area contributed by atoms with Gasteiger partial charge in [-0.15, -0.1) is 0 Å². The third kappa shape index (κ3) is 2.90. The van der Waals surface area contributed by atoms with Crippen molar-refractivity contribution in [1.82, 2.24) is 0 Å². The van der Waals surface area contributed by atoms with E-state index in [2.05, 4.69) is 15.9 Å². The van der Waals surface area contributed by atoms with Crippen molar-refractivity contribution in [3.8, 4) is 0 Å². The van der Waals surface area contributed by atoms with Gasteiger partial charge < -0.3 is 14.9 Å². The van der Waals surface area contributed by atoms with E-state index in [0.717, 1.165) is 0 Å². The molecule has 0 spiro atoms. The Hall–Kier alpha value is -0.890. The predicted molar refractivity (Wildman–Crippen MR) is 122 cm³/mol. The van der Waals surface area contributed by atoms with Crippen LogP contribution < -0.4 is 0 Å². The standard InChI is InChI=1S/C25H34BrFO5/c1-13(2)32-12-21(30)25(31)14(3)8-16-17-10-19(27)18-9-15(28)6-7-22(18,4)24(17,26)20(29)11-23(16,25)5/h6-7,9,13-14,16-17,19-20,29,31H,8,10-12H2,1-5H3/t14-,16+,17+,19+,20+,22+,23+,24+,25+/m1/s1. The second-order valence-electron chi connectivity index (χ2n) is 11.0. The number of aliphatic hydroxyl groups is 2. The monoisotopic (exact) mass is 512 g/mol. The molecule has 7 heteroatoms. The van der Waals surface area contributed by atoms with Gasteiger partial charge in [0.2, 0.25) is 0 Å². The quantitative estimate of drug-likeness (QED) is 0.561. The Morgan fingerprint density at radius 2 is 1.97 bits per heavy atom. The van der Waals surface area contributed by atoms with Crippen LogP contribution >= 0.6 is 15.9 Å². The number of ketones is 2. The van der Waals surface area contributed by atoms with Gasteiger partial charge in [0.25, 0.3) is 0 Å². The molecule has 9 atom stereocenters. The topological polar surface area (TPSA) is 83.8 Å². The first-order chi connectivity index (χ1) is 14.7. The summed E-state index contributed by atoms with van der Waals surface area (Å²) >= 11 is 3.88. The summed E-state index contributed by atoms with van der Waals surface area (Å²) in [5.74, 6) is -1.49. The summed E-state index contributed by atoms with van der Waals surface area (Å²) in [7, 11) is 0. The summed E-state index contributed by atoms with van der Waals surface area (Å²) in [5.41, 5.74) is -3.08. The molecule has 0 bridgehead atoms. The van der Waals surface area contributed by atoms with Gasteiger partial charge in [-0.25, -0.2) is 4.39 Å². The first-order valence-electron chi connectivity index (χ1n) is 11.6. The number of hydrogen-bond donors (Lipinski definition) is 2. The molecule has 3 saturated carbocycles. The largest absolute Gasteiger partial charge is 0.392 e. The molecule has 0 unspecified atom stereocenters. The highest BCUT2D eigenvalue weighted by molar-refractivity contribution is 9.10. The average Bonchev–Trinajstić information content (AvgIpc) is 2.91. The highest BCUT2D eigenvalue weighted by atomic mass is 79.9. The molecule has 4 rings (SSSR count). The van der Waals surface area contributed by atoms with Crippen LogP contribution in [-0.4, -0.2) is 56.7 Å². The summed E-state index contributed by atoms with van der Waals surface area (Å²) in [5, 5.41) is 23.4. The molecule has 0 amide bonds. The Bertz CT molecular complexity index is 901. The van der Waals surface area contributed by atoms with Crippen LogP contribution in [0.1, 0.15) is 53.9 Å². The van der Waals surface area contributed by atoms with Gasteiger partial charge in [0, 0.05) is 10.8 Å². The third-order valence-corrected chi connectivity index (χ3v) is 11.1. The summed E-state index contributed by atoms with van der Waals surface area (Å²) in [6, 6.07) is 0. The predicted octanol–water partition coefficient (Wildman–Crippen LogP) is 3.70. The Balaban J connectivity index is 1.78. The summed E-state index contributed by atoms with van der Waals surface area (Å²) in [4.78, 5) is 25.3. The average molecular weight is 513 g/mol. The van der Waals surface area contributed by atoms with Crippen LogP contribution in [0.2, 0.25) is 0 Å². The SMILES string of the molecule is CC(C)OCC(=O)[C@@]1(O)[C@H](C)C[C@H]2[C@@H]3C[C@H](F)C4=CC(=O)C=C[C@]4(C)[C@@]3(Br)[C@@H](O)C[C@@]21C. The smallest absolute Gasteiger partial charge is 0.190 e. The van der Waals surface area contributed by atoms with Crippen LogP contribution in [0.4, 0.5) is 4.39 Å². The van der Waals surface area contributed by atoms with Crippen molar-refractivity contribution in [2.75, 3.05) is 6.61 Å². The number of hydrogen-bond acceptors (Lipinski definition) is 5. The van der Waals surface area contributed by atoms with Gasteiger partial charge in [-0.05, 0) is 68.6 Å². The van der Waals surface area contributed by atoms with E-state index in [1.165, 1.54) is 12.2 Å². The van der Waals surface area contributed by atoms with Crippen LogP contribution in [0, 0.1) is 28.6 Å². The molecule has 0 aromatic rings. The zero-order valence-corrected chi connectivity index (χ0v) is 21.0. The molecule has 178 valence electrons. The van der Waals surface area contributed by atoms with Crippen LogP contribution in [0.15, 0.2) is 23.8 Å². The number of fused-ring (bicyclic) bond motifs is 5. The molecule has 0 saturated heterocycles. The molecule has 0 aliphatic heterocycles. The van der Waals surface area contributed by atoms with Crippen LogP contribution in [-0.2, 0) is 14.3 Å². The first kappa shape index (κ1) is 24.2. The van der Waals surface area contributed by atoms with E-state index in [9.17, 15) is 19.8 Å². The fourth-order valence-electron chi connectivity index (χ4n) is 7.49. The van der Waals surface area contributed by atoms with Crippen molar-refractivity contribution >= 4 is 27.5 Å². The zero-order valence-electron chi connectivity index (χ0n) is 19.4. The van der Waals surface area contributed by atoms with Gasteiger partial charge in [0.05, 0.1) is 16.5 Å². The molecule has 3 fully saturated rings. The van der Waals surface area contributed by atoms with Gasteiger partial charge in [-0.3, -0.25) is 9.59 Å². The number of ether oxygens (including phenoxy) is 1. The van der Waals surface area contributed by atoms with Gasteiger partial charge >= 0.3 is 0 Å². The Kier molecular flexibility index (Phi) is 5.72. The number of carbonyl (C=O) groups is 2. The Labute approximate surface area is 197 Å². The molecule has 32 heavy (non-hydrogen) atoms. The van der Waals surface area contributed by atoms with Crippen molar-refractivity contribution in [2.24, 2.45) is 28.6 Å². The van der Waals surface area contributed by atoms with E-state index in [1.54, 1.807) is 6.08 Å². The fourth-order valence-corrected chi connectivity index (χ4v) is 8.52. The minimum Gasteiger partial charge on any atom is -0.392 e. The lowest BCUT2D eigenvalue weighted by molar-refractivity contribution is -0.181. The molecule has 4 aliphatic carbocycles. The Morgan fingerprint density at radius 3 is 2.59 bits per heavy atom. The van der Waals surface area contributed by atoms with Gasteiger partial charge in [-0.1, -0.05) is 42.8 Å². The van der Waals surface area contributed by atoms with Crippen molar-refractivity contribution in [3.63, 3.8) is 0 Å². The molecule has 5 nitrogen and oxygen atoms in total. The highest BCUT2D eigenvalue weighted by Crippen LogP contribution is 2.72. The highest BCUT2D eigenvalue weighted by Gasteiger charge is 2.75. The van der Waals surface area contributed by atoms with Gasteiger partial charge in [-0.2, -0.15) is 0 Å². The minimum absolute atomic E-state index is 0.130. The number of carbonyl (C=O) groups excluding carboxylic acids is 2. The summed E-state index contributed by atoms with van der Waals surface area (Å²) in [6.07, 6.45) is 2.97. The van der Waals surface area contributed by atoms with Crippen molar-refractivity contribution in [3.05, 3.63) is 23.8 Å². The Morgan fingerprint density at radius 1 is 1.31 bits per heavy atom. The number of Topliss-reactive ketones (excluding diaryl/α,β-unsaturated/α-hetero) is 1. The normalized spacial score (nSPS) is 50.0. The van der Waals surface area contributed by atoms with Gasteiger partial charge in [0.1, 0.15) is 18.4 Å². The molecular formula is C25H34BrFO5. The molecule has 0 aromatic heterocycles. The zero-order chi connectivity index (χ0) is 23.9. The third-order valence-electron chi connectivity index (χ3n) is 9.18. The first-order valence-corrected chi connectivity index (χ1v) is 12.4. The lowest BCUT2D eigenvalue weighted by Gasteiger charge is -2.64. The number of halogens is 2. The number of allylic oxidation sites excluding steroid dienone is 4. The van der Waals surface area contributed by atoms with E-state index in [1.807, 2.05) is 34.6 Å². The van der Waals surface area contributed by atoms with E-state index in [4.69, 9.17) is 4.74 Å². The molecule has 0 radical (unpaired) electrons. The van der Waals surface area contributed by atoms with E-state index in [-0.39, 0.29) is 54.9 Å². The van der Waals surface area contributed by atoms with E-state index >= 15 is 4.39 Å².